The van der Waals surface area contributed by atoms with Crippen LogP contribution in [0.2, 0.25) is 0 Å². The normalized spacial score (nSPS) is 9.40. The molecule has 15 heavy (non-hydrogen) atoms. The summed E-state index contributed by atoms with van der Waals surface area (Å²) < 4.78 is 0. The second-order valence-electron chi connectivity index (χ2n) is 3.19. The topological polar surface area (TPSA) is 28.2 Å². The molecule has 4 heteroatoms. The van der Waals surface area contributed by atoms with Crippen LogP contribution in [0.4, 0.5) is 0 Å². The maximum absolute atomic E-state index is 5.19. The Labute approximate surface area is 95.8 Å². The molecule has 1 aromatic rings. The molecule has 0 fully saturated rings. The quantitative estimate of drug-likeness (QED) is 0.617. The van der Waals surface area contributed by atoms with Crippen LogP contribution in [0.15, 0.2) is 37.2 Å². The minimum absolute atomic E-state index is 0.691. The van der Waals surface area contributed by atoms with Gasteiger partial charge in [-0.2, -0.15) is 0 Å². The van der Waals surface area contributed by atoms with Gasteiger partial charge in [0.25, 0.3) is 0 Å². The number of nitrogens with one attached hydrogen (secondary N) is 1. The van der Waals surface area contributed by atoms with Gasteiger partial charge in [0.15, 0.2) is 5.11 Å². The van der Waals surface area contributed by atoms with Crippen LogP contribution in [0, 0.1) is 0 Å². The number of hydrogen-bond donors (Lipinski definition) is 1. The maximum Gasteiger partial charge on any atom is 0.169 e. The zero-order valence-corrected chi connectivity index (χ0v) is 9.63. The molecule has 1 rings (SSSR count). The third-order valence-electron chi connectivity index (χ3n) is 1.89. The zero-order chi connectivity index (χ0) is 11.1. The minimum atomic E-state index is 0.691. The summed E-state index contributed by atoms with van der Waals surface area (Å²) in [4.78, 5) is 6.02. The van der Waals surface area contributed by atoms with E-state index in [0.717, 1.165) is 17.2 Å². The van der Waals surface area contributed by atoms with Gasteiger partial charge in [0.05, 0.1) is 0 Å². The van der Waals surface area contributed by atoms with Crippen molar-refractivity contribution in [1.29, 1.82) is 0 Å². The van der Waals surface area contributed by atoms with Crippen molar-refractivity contribution in [2.75, 3.05) is 13.6 Å². The fraction of sp³-hybridized carbons (Fsp3) is 0.273. The van der Waals surface area contributed by atoms with E-state index in [9.17, 15) is 0 Å². The van der Waals surface area contributed by atoms with Crippen LogP contribution in [0.3, 0.4) is 0 Å². The molecule has 1 aromatic heterocycles. The van der Waals surface area contributed by atoms with Crippen molar-refractivity contribution < 1.29 is 0 Å². The highest BCUT2D eigenvalue weighted by atomic mass is 32.1. The highest BCUT2D eigenvalue weighted by Gasteiger charge is 2.03. The first kappa shape index (κ1) is 11.7. The molecule has 0 saturated carbocycles. The summed E-state index contributed by atoms with van der Waals surface area (Å²) in [5.74, 6) is 0. The predicted octanol–water partition coefficient (Wildman–Crippen LogP) is 1.57. The number of hydrogen-bond acceptors (Lipinski definition) is 2. The van der Waals surface area contributed by atoms with Crippen LogP contribution in [0.1, 0.15) is 5.56 Å². The molecule has 0 aliphatic carbocycles. The molecule has 0 aliphatic rings. The van der Waals surface area contributed by atoms with Gasteiger partial charge >= 0.3 is 0 Å². The van der Waals surface area contributed by atoms with E-state index >= 15 is 0 Å². The van der Waals surface area contributed by atoms with Crippen molar-refractivity contribution in [2.45, 2.75) is 6.54 Å². The summed E-state index contributed by atoms with van der Waals surface area (Å²) in [6, 6.07) is 3.95. The van der Waals surface area contributed by atoms with Gasteiger partial charge in [-0.15, -0.1) is 6.58 Å². The van der Waals surface area contributed by atoms with Crippen molar-refractivity contribution in [3.63, 3.8) is 0 Å². The van der Waals surface area contributed by atoms with E-state index in [1.807, 2.05) is 30.3 Å². The number of nitrogens with zero attached hydrogens (tertiary/aromatic N) is 2. The number of rotatable bonds is 4. The van der Waals surface area contributed by atoms with Gasteiger partial charge < -0.3 is 10.2 Å². The summed E-state index contributed by atoms with van der Waals surface area (Å²) in [5, 5.41) is 3.79. The zero-order valence-electron chi connectivity index (χ0n) is 8.81. The van der Waals surface area contributed by atoms with Crippen molar-refractivity contribution in [3.8, 4) is 0 Å². The first-order chi connectivity index (χ1) is 7.24. The second-order valence-corrected chi connectivity index (χ2v) is 3.58. The molecule has 0 amide bonds. The molecular formula is C11H15N3S. The van der Waals surface area contributed by atoms with Crippen LogP contribution in [-0.4, -0.2) is 28.6 Å². The first-order valence-electron chi connectivity index (χ1n) is 4.73. The molecule has 1 heterocycles. The predicted molar refractivity (Wildman–Crippen MR) is 66.5 cm³/mol. The maximum atomic E-state index is 5.19. The molecule has 0 spiro atoms. The van der Waals surface area contributed by atoms with E-state index in [1.54, 1.807) is 12.3 Å². The van der Waals surface area contributed by atoms with Crippen LogP contribution < -0.4 is 5.32 Å². The summed E-state index contributed by atoms with van der Waals surface area (Å²) in [6.45, 7) is 5.08. The largest absolute Gasteiger partial charge is 0.359 e. The van der Waals surface area contributed by atoms with E-state index in [1.165, 1.54) is 0 Å². The molecule has 80 valence electrons. The SMILES string of the molecule is C=CCNC(=S)N(C)Cc1cccnc1. The molecule has 1 N–H and O–H groups in total. The van der Waals surface area contributed by atoms with E-state index in [4.69, 9.17) is 12.2 Å². The minimum Gasteiger partial charge on any atom is -0.359 e. The Kier molecular flexibility index (Phi) is 4.77. The van der Waals surface area contributed by atoms with Gasteiger partial charge in [0.2, 0.25) is 0 Å². The highest BCUT2D eigenvalue weighted by Crippen LogP contribution is 2.00. The van der Waals surface area contributed by atoms with Gasteiger partial charge in [-0.1, -0.05) is 12.1 Å². The van der Waals surface area contributed by atoms with Crippen molar-refractivity contribution in [2.24, 2.45) is 0 Å². The Balaban J connectivity index is 2.45. The third-order valence-corrected chi connectivity index (χ3v) is 2.34. The van der Waals surface area contributed by atoms with E-state index < -0.39 is 0 Å². The van der Waals surface area contributed by atoms with Crippen LogP contribution >= 0.6 is 12.2 Å². The standard InChI is InChI=1S/C11H15N3S/c1-3-6-13-11(15)14(2)9-10-5-4-7-12-8-10/h3-5,7-8H,1,6,9H2,2H3,(H,13,15). The Bertz CT molecular complexity index is 324. The van der Waals surface area contributed by atoms with Crippen LogP contribution in [-0.2, 0) is 6.54 Å². The molecule has 0 bridgehead atoms. The summed E-state index contributed by atoms with van der Waals surface area (Å²) >= 11 is 5.19. The Morgan fingerprint density at radius 2 is 2.53 bits per heavy atom. The van der Waals surface area contributed by atoms with E-state index in [-0.39, 0.29) is 0 Å². The lowest BCUT2D eigenvalue weighted by Gasteiger charge is -2.20. The molecule has 0 radical (unpaired) electrons. The van der Waals surface area contributed by atoms with Gasteiger partial charge in [-0.25, -0.2) is 0 Å². The molecule has 0 saturated heterocycles. The van der Waals surface area contributed by atoms with Gasteiger partial charge in [0, 0.05) is 32.5 Å². The lowest BCUT2D eigenvalue weighted by molar-refractivity contribution is 0.491. The molecule has 3 nitrogen and oxygen atoms in total. The monoisotopic (exact) mass is 221 g/mol. The van der Waals surface area contributed by atoms with Gasteiger partial charge in [-0.3, -0.25) is 4.98 Å². The summed E-state index contributed by atoms with van der Waals surface area (Å²) in [7, 11) is 1.95. The number of pyridine rings is 1. The van der Waals surface area contributed by atoms with Gasteiger partial charge in [-0.05, 0) is 23.8 Å². The average molecular weight is 221 g/mol. The average Bonchev–Trinajstić information content (AvgIpc) is 2.27. The smallest absolute Gasteiger partial charge is 0.169 e. The lowest BCUT2D eigenvalue weighted by Crippen LogP contribution is -2.36. The third kappa shape index (κ3) is 4.08. The van der Waals surface area contributed by atoms with Crippen molar-refractivity contribution >= 4 is 17.3 Å². The second kappa shape index (κ2) is 6.14. The first-order valence-corrected chi connectivity index (χ1v) is 5.13. The fourth-order valence-electron chi connectivity index (χ4n) is 1.13. The molecule has 0 unspecified atom stereocenters. The Morgan fingerprint density at radius 1 is 1.73 bits per heavy atom. The molecule has 0 aliphatic heterocycles. The van der Waals surface area contributed by atoms with Crippen LogP contribution in [0.5, 0.6) is 0 Å². The van der Waals surface area contributed by atoms with Crippen molar-refractivity contribution in [3.05, 3.63) is 42.7 Å². The van der Waals surface area contributed by atoms with E-state index in [0.29, 0.717) is 6.54 Å². The Morgan fingerprint density at radius 3 is 3.13 bits per heavy atom. The highest BCUT2D eigenvalue weighted by molar-refractivity contribution is 7.80. The van der Waals surface area contributed by atoms with Crippen molar-refractivity contribution in [1.82, 2.24) is 15.2 Å². The fourth-order valence-corrected chi connectivity index (χ4v) is 1.28. The number of aromatic nitrogens is 1. The summed E-state index contributed by atoms with van der Waals surface area (Å²) in [5.41, 5.74) is 1.14. The molecular weight excluding hydrogens is 206 g/mol. The Hall–Kier alpha value is -1.42. The van der Waals surface area contributed by atoms with E-state index in [2.05, 4.69) is 16.9 Å². The van der Waals surface area contributed by atoms with Crippen LogP contribution in [0.25, 0.3) is 0 Å². The molecule has 0 atom stereocenters. The molecule has 0 aromatic carbocycles. The van der Waals surface area contributed by atoms with Gasteiger partial charge in [0.1, 0.15) is 0 Å². The summed E-state index contributed by atoms with van der Waals surface area (Å²) in [6.07, 6.45) is 5.38. The lowest BCUT2D eigenvalue weighted by atomic mass is 10.3. The number of thiocarbonyl (C=S) groups is 1.